The number of para-hydroxylation sites is 1. The van der Waals surface area contributed by atoms with Gasteiger partial charge in [-0.1, -0.05) is 29.5 Å². The Hall–Kier alpha value is -4.77. The molecule has 1 saturated heterocycles. The summed E-state index contributed by atoms with van der Waals surface area (Å²) in [5.74, 6) is -0.318. The summed E-state index contributed by atoms with van der Waals surface area (Å²) < 4.78 is 12.5. The van der Waals surface area contributed by atoms with Crippen LogP contribution in [0, 0.1) is 0 Å². The molecule has 212 valence electrons. The molecule has 2 atom stereocenters. The molecule has 1 aliphatic rings. The van der Waals surface area contributed by atoms with Crippen molar-refractivity contribution in [2.45, 2.75) is 38.5 Å². The number of rotatable bonds is 10. The zero-order chi connectivity index (χ0) is 28.8. The molecule has 11 heteroatoms. The Morgan fingerprint density at radius 1 is 1.07 bits per heavy atom. The molecule has 5 rings (SSSR count). The lowest BCUT2D eigenvalue weighted by Gasteiger charge is -2.32. The Balaban J connectivity index is 1.54. The number of fused-ring (bicyclic) bond motifs is 1. The maximum absolute atomic E-state index is 14.2. The SMILES string of the molecule is COc1ccc([C@@H](C(=O)NC[C@@H]2CCCO2)N(C(=O)Cn2nnc3ccccc32)c2ccc(NC(C)=O)cc2)cc1. The second kappa shape index (κ2) is 12.6. The fraction of sp³-hybridized carbons (Fsp3) is 0.300. The standard InChI is InChI=1S/C30H32N6O5/c1-20(37)32-22-11-13-23(14-12-22)36(28(38)19-35-27-8-4-3-7-26(27)33-34-35)29(21-9-15-24(40-2)16-10-21)30(39)31-18-25-6-5-17-41-25/h3-4,7-16,25,29H,5-6,17-19H2,1-2H3,(H,31,39)(H,32,37)/t25-,29-/m0/s1. The van der Waals surface area contributed by atoms with Gasteiger partial charge in [0.1, 0.15) is 23.9 Å². The molecule has 0 bridgehead atoms. The van der Waals surface area contributed by atoms with E-state index in [1.165, 1.54) is 16.5 Å². The summed E-state index contributed by atoms with van der Waals surface area (Å²) in [5.41, 5.74) is 3.00. The number of aromatic nitrogens is 3. The van der Waals surface area contributed by atoms with Crippen LogP contribution in [-0.2, 0) is 25.7 Å². The van der Waals surface area contributed by atoms with Crippen molar-refractivity contribution >= 4 is 40.1 Å². The number of hydrogen-bond acceptors (Lipinski definition) is 7. The minimum absolute atomic E-state index is 0.0712. The number of ether oxygens (including phenoxy) is 2. The first-order valence-electron chi connectivity index (χ1n) is 13.4. The van der Waals surface area contributed by atoms with Gasteiger partial charge in [-0.2, -0.15) is 0 Å². The van der Waals surface area contributed by atoms with Crippen LogP contribution >= 0.6 is 0 Å². The molecule has 4 aromatic rings. The van der Waals surface area contributed by atoms with E-state index < -0.39 is 6.04 Å². The predicted molar refractivity (Wildman–Crippen MR) is 153 cm³/mol. The van der Waals surface area contributed by atoms with Gasteiger partial charge in [-0.25, -0.2) is 4.68 Å². The van der Waals surface area contributed by atoms with E-state index in [1.54, 1.807) is 55.6 Å². The van der Waals surface area contributed by atoms with Crippen LogP contribution in [0.15, 0.2) is 72.8 Å². The third kappa shape index (κ3) is 6.52. The molecule has 0 unspecified atom stereocenters. The first kappa shape index (κ1) is 27.8. The van der Waals surface area contributed by atoms with Gasteiger partial charge < -0.3 is 20.1 Å². The normalized spacial score (nSPS) is 15.3. The molecule has 0 aliphatic carbocycles. The van der Waals surface area contributed by atoms with Crippen LogP contribution in [0.1, 0.15) is 31.4 Å². The summed E-state index contributed by atoms with van der Waals surface area (Å²) in [7, 11) is 1.57. The number of carbonyl (C=O) groups excluding carboxylic acids is 3. The lowest BCUT2D eigenvalue weighted by molar-refractivity contribution is -0.127. The summed E-state index contributed by atoms with van der Waals surface area (Å²) in [6.07, 6.45) is 1.73. The molecule has 2 heterocycles. The van der Waals surface area contributed by atoms with Crippen LogP contribution < -0.4 is 20.3 Å². The highest BCUT2D eigenvalue weighted by Gasteiger charge is 2.34. The Bertz CT molecular complexity index is 1510. The highest BCUT2D eigenvalue weighted by atomic mass is 16.5. The highest BCUT2D eigenvalue weighted by Crippen LogP contribution is 2.31. The number of anilines is 2. The van der Waals surface area contributed by atoms with Crippen molar-refractivity contribution in [2.24, 2.45) is 0 Å². The molecule has 41 heavy (non-hydrogen) atoms. The largest absolute Gasteiger partial charge is 0.497 e. The second-order valence-electron chi connectivity index (χ2n) is 9.78. The van der Waals surface area contributed by atoms with Crippen LogP contribution in [0.4, 0.5) is 11.4 Å². The minimum atomic E-state index is -1.02. The zero-order valence-corrected chi connectivity index (χ0v) is 22.9. The molecule has 1 fully saturated rings. The fourth-order valence-electron chi connectivity index (χ4n) is 4.90. The van der Waals surface area contributed by atoms with Gasteiger partial charge in [-0.05, 0) is 66.9 Å². The van der Waals surface area contributed by atoms with E-state index >= 15 is 0 Å². The van der Waals surface area contributed by atoms with Crippen molar-refractivity contribution in [3.8, 4) is 5.75 Å². The monoisotopic (exact) mass is 556 g/mol. The average Bonchev–Trinajstić information content (AvgIpc) is 3.65. The van der Waals surface area contributed by atoms with Gasteiger partial charge in [0.2, 0.25) is 17.7 Å². The van der Waals surface area contributed by atoms with Crippen LogP contribution in [0.2, 0.25) is 0 Å². The number of nitrogens with one attached hydrogen (secondary N) is 2. The number of methoxy groups -OCH3 is 1. The van der Waals surface area contributed by atoms with E-state index in [0.29, 0.717) is 46.9 Å². The van der Waals surface area contributed by atoms with E-state index in [1.807, 2.05) is 24.3 Å². The smallest absolute Gasteiger partial charge is 0.249 e. The van der Waals surface area contributed by atoms with Crippen LogP contribution in [0.3, 0.4) is 0 Å². The molecule has 0 radical (unpaired) electrons. The van der Waals surface area contributed by atoms with Gasteiger partial charge >= 0.3 is 0 Å². The van der Waals surface area contributed by atoms with E-state index in [0.717, 1.165) is 12.8 Å². The van der Waals surface area contributed by atoms with E-state index in [2.05, 4.69) is 20.9 Å². The summed E-state index contributed by atoms with van der Waals surface area (Å²) in [6.45, 7) is 2.27. The van der Waals surface area contributed by atoms with Crippen LogP contribution in [-0.4, -0.2) is 59.1 Å². The molecular formula is C30H32N6O5. The third-order valence-electron chi connectivity index (χ3n) is 6.91. The van der Waals surface area contributed by atoms with E-state index in [9.17, 15) is 14.4 Å². The molecule has 2 N–H and O–H groups in total. The van der Waals surface area contributed by atoms with Crippen molar-refractivity contribution < 1.29 is 23.9 Å². The number of nitrogens with zero attached hydrogens (tertiary/aromatic N) is 4. The molecule has 3 amide bonds. The number of amides is 3. The quantitative estimate of drug-likeness (QED) is 0.306. The molecule has 0 saturated carbocycles. The molecule has 3 aromatic carbocycles. The first-order valence-corrected chi connectivity index (χ1v) is 13.4. The van der Waals surface area contributed by atoms with Gasteiger partial charge in [-0.15, -0.1) is 5.10 Å². The van der Waals surface area contributed by atoms with Crippen molar-refractivity contribution in [1.29, 1.82) is 0 Å². The second-order valence-corrected chi connectivity index (χ2v) is 9.78. The van der Waals surface area contributed by atoms with Gasteiger partial charge in [0.25, 0.3) is 0 Å². The molecule has 11 nitrogen and oxygen atoms in total. The topological polar surface area (TPSA) is 128 Å². The summed E-state index contributed by atoms with van der Waals surface area (Å²) >= 11 is 0. The Labute approximate surface area is 237 Å². The maximum Gasteiger partial charge on any atom is 0.249 e. The average molecular weight is 557 g/mol. The van der Waals surface area contributed by atoms with Crippen molar-refractivity contribution in [3.05, 3.63) is 78.4 Å². The molecular weight excluding hydrogens is 524 g/mol. The van der Waals surface area contributed by atoms with Gasteiger partial charge in [0.15, 0.2) is 0 Å². The molecule has 1 aromatic heterocycles. The summed E-state index contributed by atoms with van der Waals surface area (Å²) in [5, 5.41) is 14.1. The lowest BCUT2D eigenvalue weighted by Crippen LogP contribution is -2.46. The van der Waals surface area contributed by atoms with E-state index in [4.69, 9.17) is 9.47 Å². The Morgan fingerprint density at radius 3 is 2.51 bits per heavy atom. The number of carbonyl (C=O) groups is 3. The highest BCUT2D eigenvalue weighted by molar-refractivity contribution is 6.02. The van der Waals surface area contributed by atoms with Gasteiger partial charge in [0.05, 0.1) is 18.7 Å². The van der Waals surface area contributed by atoms with Crippen LogP contribution in [0.25, 0.3) is 11.0 Å². The lowest BCUT2D eigenvalue weighted by atomic mass is 10.0. The van der Waals surface area contributed by atoms with E-state index in [-0.39, 0.29) is 30.4 Å². The van der Waals surface area contributed by atoms with Crippen molar-refractivity contribution in [3.63, 3.8) is 0 Å². The van der Waals surface area contributed by atoms with Gasteiger partial charge in [-0.3, -0.25) is 19.3 Å². The predicted octanol–water partition coefficient (Wildman–Crippen LogP) is 3.47. The van der Waals surface area contributed by atoms with Crippen LogP contribution in [0.5, 0.6) is 5.75 Å². The third-order valence-corrected chi connectivity index (χ3v) is 6.91. The first-order chi connectivity index (χ1) is 19.9. The Kier molecular flexibility index (Phi) is 8.54. The maximum atomic E-state index is 14.2. The molecule has 0 spiro atoms. The zero-order valence-electron chi connectivity index (χ0n) is 22.9. The van der Waals surface area contributed by atoms with Crippen molar-refractivity contribution in [2.75, 3.05) is 30.5 Å². The minimum Gasteiger partial charge on any atom is -0.497 e. The number of benzene rings is 3. The summed E-state index contributed by atoms with van der Waals surface area (Å²) in [4.78, 5) is 41.1. The fourth-order valence-corrected chi connectivity index (χ4v) is 4.90. The Morgan fingerprint density at radius 2 is 1.83 bits per heavy atom. The van der Waals surface area contributed by atoms with Gasteiger partial charge in [0, 0.05) is 31.5 Å². The summed E-state index contributed by atoms with van der Waals surface area (Å²) in [6, 6.07) is 20.2. The molecule has 1 aliphatic heterocycles. The number of hydrogen-bond donors (Lipinski definition) is 2. The van der Waals surface area contributed by atoms with Crippen molar-refractivity contribution in [1.82, 2.24) is 20.3 Å².